The zero-order valence-electron chi connectivity index (χ0n) is 19.3. The van der Waals surface area contributed by atoms with E-state index in [1.807, 2.05) is 32.6 Å². The van der Waals surface area contributed by atoms with Gasteiger partial charge in [-0.25, -0.2) is 4.79 Å². The molecule has 28 heavy (non-hydrogen) atoms. The second kappa shape index (κ2) is 12.1. The predicted octanol–water partition coefficient (Wildman–Crippen LogP) is 2.87. The average Bonchev–Trinajstić information content (AvgIpc) is 2.61. The number of guanidine groups is 1. The number of rotatable bonds is 8. The number of piperidine rings is 1. The van der Waals surface area contributed by atoms with Gasteiger partial charge >= 0.3 is 6.09 Å². The van der Waals surface area contributed by atoms with Crippen LogP contribution in [0.25, 0.3) is 0 Å². The van der Waals surface area contributed by atoms with Crippen LogP contribution in [0.3, 0.4) is 0 Å². The number of nitrogens with zero attached hydrogens (tertiary/aromatic N) is 4. The van der Waals surface area contributed by atoms with Crippen LogP contribution in [0.5, 0.6) is 0 Å². The number of hydrogen-bond donors (Lipinski definition) is 1. The number of nitrogens with one attached hydrogen (secondary N) is 1. The van der Waals surface area contributed by atoms with Crippen molar-refractivity contribution in [2.75, 3.05) is 59.9 Å². The number of ether oxygens (including phenoxy) is 1. The van der Waals surface area contributed by atoms with Crippen LogP contribution in [0.4, 0.5) is 4.79 Å². The molecular weight excluding hydrogens is 354 g/mol. The molecule has 1 aliphatic heterocycles. The van der Waals surface area contributed by atoms with Crippen LogP contribution in [0.15, 0.2) is 4.99 Å². The van der Waals surface area contributed by atoms with E-state index < -0.39 is 5.60 Å². The monoisotopic (exact) mass is 397 g/mol. The highest BCUT2D eigenvalue weighted by Gasteiger charge is 2.27. The van der Waals surface area contributed by atoms with Crippen LogP contribution in [0.2, 0.25) is 0 Å². The first-order chi connectivity index (χ1) is 13.2. The number of amides is 1. The zero-order valence-corrected chi connectivity index (χ0v) is 19.3. The average molecular weight is 398 g/mol. The standard InChI is InChI=1S/C21H43N5O2/c1-8-22-19(23-13-10-14-24(6)7)26-15-11-18(12-16-26)17-25(9-2)20(27)28-21(3,4)5/h18H,8-17H2,1-7H3,(H,22,23). The Hall–Kier alpha value is -1.50. The molecule has 0 aliphatic carbocycles. The molecule has 1 N–H and O–H groups in total. The molecule has 7 nitrogen and oxygen atoms in total. The van der Waals surface area contributed by atoms with Crippen LogP contribution in [0, 0.1) is 5.92 Å². The number of likely N-dealkylation sites (tertiary alicyclic amines) is 1. The van der Waals surface area contributed by atoms with Gasteiger partial charge in [-0.2, -0.15) is 0 Å². The van der Waals surface area contributed by atoms with E-state index >= 15 is 0 Å². The molecule has 0 radical (unpaired) electrons. The molecular formula is C21H43N5O2. The maximum absolute atomic E-state index is 12.4. The van der Waals surface area contributed by atoms with Gasteiger partial charge in [-0.05, 0) is 80.4 Å². The van der Waals surface area contributed by atoms with Gasteiger partial charge in [0.25, 0.3) is 0 Å². The first-order valence-corrected chi connectivity index (χ1v) is 10.8. The second-order valence-corrected chi connectivity index (χ2v) is 8.84. The summed E-state index contributed by atoms with van der Waals surface area (Å²) in [5.74, 6) is 1.54. The maximum atomic E-state index is 12.4. The third-order valence-corrected chi connectivity index (χ3v) is 4.79. The Labute approximate surface area is 172 Å². The molecule has 164 valence electrons. The second-order valence-electron chi connectivity index (χ2n) is 8.84. The fourth-order valence-electron chi connectivity index (χ4n) is 3.30. The van der Waals surface area contributed by atoms with Gasteiger partial charge < -0.3 is 24.8 Å². The first kappa shape index (κ1) is 24.5. The largest absolute Gasteiger partial charge is 0.444 e. The molecule has 0 saturated carbocycles. The topological polar surface area (TPSA) is 60.4 Å². The molecule has 0 spiro atoms. The minimum atomic E-state index is -0.447. The molecule has 0 unspecified atom stereocenters. The van der Waals surface area contributed by atoms with Gasteiger partial charge in [0.1, 0.15) is 5.60 Å². The summed E-state index contributed by atoms with van der Waals surface area (Å²) in [6.45, 7) is 16.1. The predicted molar refractivity (Wildman–Crippen MR) is 117 cm³/mol. The van der Waals surface area contributed by atoms with Gasteiger partial charge in [-0.15, -0.1) is 0 Å². The van der Waals surface area contributed by atoms with Crippen LogP contribution in [-0.2, 0) is 4.74 Å². The van der Waals surface area contributed by atoms with Crippen LogP contribution < -0.4 is 5.32 Å². The Morgan fingerprint density at radius 3 is 2.36 bits per heavy atom. The molecule has 7 heteroatoms. The lowest BCUT2D eigenvalue weighted by Crippen LogP contribution is -2.48. The maximum Gasteiger partial charge on any atom is 0.410 e. The molecule has 0 aromatic rings. The van der Waals surface area contributed by atoms with Crippen molar-refractivity contribution in [1.29, 1.82) is 0 Å². The number of carbonyl (C=O) groups is 1. The highest BCUT2D eigenvalue weighted by Crippen LogP contribution is 2.20. The lowest BCUT2D eigenvalue weighted by atomic mass is 9.96. The molecule has 0 bridgehead atoms. The van der Waals surface area contributed by atoms with Crippen molar-refractivity contribution in [3.63, 3.8) is 0 Å². The molecule has 1 heterocycles. The van der Waals surface area contributed by atoms with Gasteiger partial charge in [0.15, 0.2) is 5.96 Å². The van der Waals surface area contributed by atoms with Crippen molar-refractivity contribution in [1.82, 2.24) is 20.0 Å². The Morgan fingerprint density at radius 2 is 1.86 bits per heavy atom. The van der Waals surface area contributed by atoms with Crippen molar-refractivity contribution < 1.29 is 9.53 Å². The summed E-state index contributed by atoms with van der Waals surface area (Å²) in [6, 6.07) is 0. The first-order valence-electron chi connectivity index (χ1n) is 10.8. The van der Waals surface area contributed by atoms with Crippen LogP contribution >= 0.6 is 0 Å². The SMILES string of the molecule is CCNC(=NCCCN(C)C)N1CCC(CN(CC)C(=O)OC(C)(C)C)CC1. The molecule has 0 aromatic carbocycles. The summed E-state index contributed by atoms with van der Waals surface area (Å²) in [4.78, 5) is 23.6. The van der Waals surface area contributed by atoms with E-state index in [1.54, 1.807) is 0 Å². The zero-order chi connectivity index (χ0) is 21.2. The van der Waals surface area contributed by atoms with Crippen LogP contribution in [0.1, 0.15) is 53.9 Å². The molecule has 1 amide bonds. The van der Waals surface area contributed by atoms with E-state index in [0.29, 0.717) is 12.5 Å². The highest BCUT2D eigenvalue weighted by molar-refractivity contribution is 5.80. The summed E-state index contributed by atoms with van der Waals surface area (Å²) in [5, 5.41) is 3.43. The summed E-state index contributed by atoms with van der Waals surface area (Å²) >= 11 is 0. The van der Waals surface area contributed by atoms with Gasteiger partial charge in [0, 0.05) is 39.3 Å². The van der Waals surface area contributed by atoms with Gasteiger partial charge in [0.05, 0.1) is 0 Å². The fraction of sp³-hybridized carbons (Fsp3) is 0.905. The van der Waals surface area contributed by atoms with E-state index in [0.717, 1.165) is 64.5 Å². The smallest absolute Gasteiger partial charge is 0.410 e. The van der Waals surface area contributed by atoms with E-state index in [1.165, 1.54) is 0 Å². The normalized spacial score (nSPS) is 16.4. The van der Waals surface area contributed by atoms with Crippen molar-refractivity contribution in [3.8, 4) is 0 Å². The minimum absolute atomic E-state index is 0.201. The number of hydrogen-bond acceptors (Lipinski definition) is 4. The Balaban J connectivity index is 2.52. The third kappa shape index (κ3) is 9.62. The van der Waals surface area contributed by atoms with E-state index in [2.05, 4.69) is 36.1 Å². The Morgan fingerprint density at radius 1 is 1.21 bits per heavy atom. The highest BCUT2D eigenvalue weighted by atomic mass is 16.6. The molecule has 0 aromatic heterocycles. The lowest BCUT2D eigenvalue weighted by Gasteiger charge is -2.36. The lowest BCUT2D eigenvalue weighted by molar-refractivity contribution is 0.0214. The van der Waals surface area contributed by atoms with Gasteiger partial charge in [0.2, 0.25) is 0 Å². The Kier molecular flexibility index (Phi) is 10.6. The van der Waals surface area contributed by atoms with E-state index in [-0.39, 0.29) is 6.09 Å². The van der Waals surface area contributed by atoms with E-state index in [9.17, 15) is 4.79 Å². The van der Waals surface area contributed by atoms with Crippen molar-refractivity contribution in [2.24, 2.45) is 10.9 Å². The molecule has 1 rings (SSSR count). The van der Waals surface area contributed by atoms with Crippen molar-refractivity contribution in [2.45, 2.75) is 59.5 Å². The van der Waals surface area contributed by atoms with Crippen molar-refractivity contribution >= 4 is 12.1 Å². The summed E-state index contributed by atoms with van der Waals surface area (Å²) < 4.78 is 5.54. The number of aliphatic imine (C=N–C) groups is 1. The Bertz CT molecular complexity index is 480. The van der Waals surface area contributed by atoms with Crippen molar-refractivity contribution in [3.05, 3.63) is 0 Å². The quantitative estimate of drug-likeness (QED) is 0.388. The summed E-state index contributed by atoms with van der Waals surface area (Å²) in [5.41, 5.74) is -0.447. The molecule has 1 saturated heterocycles. The van der Waals surface area contributed by atoms with Gasteiger partial charge in [-0.1, -0.05) is 0 Å². The molecule has 0 atom stereocenters. The van der Waals surface area contributed by atoms with Crippen LogP contribution in [-0.4, -0.2) is 92.3 Å². The van der Waals surface area contributed by atoms with Gasteiger partial charge in [-0.3, -0.25) is 4.99 Å². The molecule has 1 fully saturated rings. The minimum Gasteiger partial charge on any atom is -0.444 e. The third-order valence-electron chi connectivity index (χ3n) is 4.79. The summed E-state index contributed by atoms with van der Waals surface area (Å²) in [7, 11) is 4.19. The fourth-order valence-corrected chi connectivity index (χ4v) is 3.30. The number of carbonyl (C=O) groups excluding carboxylic acids is 1. The summed E-state index contributed by atoms with van der Waals surface area (Å²) in [6.07, 6.45) is 3.01. The molecule has 1 aliphatic rings. The van der Waals surface area contributed by atoms with E-state index in [4.69, 9.17) is 9.73 Å².